The highest BCUT2D eigenvalue weighted by Gasteiger charge is 2.13. The number of rotatable bonds is 4. The molecule has 0 heterocycles. The van der Waals surface area contributed by atoms with E-state index in [1.54, 1.807) is 6.92 Å². The summed E-state index contributed by atoms with van der Waals surface area (Å²) in [5, 5.41) is 17.3. The van der Waals surface area contributed by atoms with Crippen LogP contribution in [0.2, 0.25) is 0 Å². The Labute approximate surface area is 60.0 Å². The van der Waals surface area contributed by atoms with Gasteiger partial charge in [-0.15, -0.1) is 6.58 Å². The zero-order valence-electron chi connectivity index (χ0n) is 5.95. The van der Waals surface area contributed by atoms with Gasteiger partial charge in [0.2, 0.25) is 0 Å². The first-order valence-electron chi connectivity index (χ1n) is 3.10. The molecule has 0 fully saturated rings. The molecule has 0 aromatic heterocycles. The highest BCUT2D eigenvalue weighted by Crippen LogP contribution is 2.07. The van der Waals surface area contributed by atoms with Gasteiger partial charge in [0.15, 0.2) is 0 Å². The Balaban J connectivity index is 3.71. The average Bonchev–Trinajstić information content (AvgIpc) is 1.85. The van der Waals surface area contributed by atoms with Gasteiger partial charge in [-0.3, -0.25) is 4.79 Å². The molecule has 0 aromatic rings. The van der Waals surface area contributed by atoms with Crippen molar-refractivity contribution in [2.75, 3.05) is 0 Å². The minimum atomic E-state index is -0.895. The van der Waals surface area contributed by atoms with Crippen molar-refractivity contribution in [3.63, 3.8) is 0 Å². The van der Waals surface area contributed by atoms with Crippen molar-refractivity contribution < 1.29 is 15.0 Å². The quantitative estimate of drug-likeness (QED) is 0.569. The maximum Gasteiger partial charge on any atom is 0.303 e. The van der Waals surface area contributed by atoms with Gasteiger partial charge in [-0.2, -0.15) is 0 Å². The lowest BCUT2D eigenvalue weighted by molar-refractivity contribution is -0.138. The third kappa shape index (κ3) is 3.25. The van der Waals surface area contributed by atoms with E-state index in [2.05, 4.69) is 6.58 Å². The molecule has 2 N–H and O–H groups in total. The topological polar surface area (TPSA) is 57.5 Å². The predicted molar refractivity (Wildman–Crippen MR) is 37.6 cm³/mol. The molecule has 0 spiro atoms. The Morgan fingerprint density at radius 1 is 1.80 bits per heavy atom. The molecule has 3 nitrogen and oxygen atoms in total. The Kier molecular flexibility index (Phi) is 3.72. The molecule has 0 aromatic carbocycles. The predicted octanol–water partition coefficient (Wildman–Crippen LogP) is 0.644. The minimum Gasteiger partial charge on any atom is -0.481 e. The van der Waals surface area contributed by atoms with Crippen LogP contribution in [0.5, 0.6) is 0 Å². The Morgan fingerprint density at radius 2 is 2.30 bits per heavy atom. The van der Waals surface area contributed by atoms with E-state index in [1.807, 2.05) is 0 Å². The molecule has 58 valence electrons. The van der Waals surface area contributed by atoms with Gasteiger partial charge >= 0.3 is 5.97 Å². The van der Waals surface area contributed by atoms with Gasteiger partial charge in [-0.1, -0.05) is 13.0 Å². The maximum absolute atomic E-state index is 10.1. The number of hydrogen-bond donors (Lipinski definition) is 2. The zero-order chi connectivity index (χ0) is 8.15. The van der Waals surface area contributed by atoms with E-state index in [0.29, 0.717) is 0 Å². The standard InChI is InChI=1S/C7H12O3/c1-3-6(8)5(2)4-7(9)10/h3,5-6,8H,1,4H2,2H3,(H,9,10). The lowest BCUT2D eigenvalue weighted by Gasteiger charge is -2.11. The first-order valence-corrected chi connectivity index (χ1v) is 3.10. The van der Waals surface area contributed by atoms with Gasteiger partial charge in [-0.05, 0) is 5.92 Å². The van der Waals surface area contributed by atoms with Crippen LogP contribution in [0, 0.1) is 5.92 Å². The van der Waals surface area contributed by atoms with Gasteiger partial charge in [-0.25, -0.2) is 0 Å². The van der Waals surface area contributed by atoms with Gasteiger partial charge < -0.3 is 10.2 Å². The van der Waals surface area contributed by atoms with Crippen LogP contribution < -0.4 is 0 Å². The number of carboxylic acids is 1. The molecule has 2 unspecified atom stereocenters. The fraction of sp³-hybridized carbons (Fsp3) is 0.571. The number of carbonyl (C=O) groups is 1. The van der Waals surface area contributed by atoms with Crippen molar-refractivity contribution >= 4 is 5.97 Å². The van der Waals surface area contributed by atoms with Crippen LogP contribution in [-0.4, -0.2) is 22.3 Å². The summed E-state index contributed by atoms with van der Waals surface area (Å²) in [6, 6.07) is 0. The van der Waals surface area contributed by atoms with E-state index in [0.717, 1.165) is 0 Å². The van der Waals surface area contributed by atoms with Crippen molar-refractivity contribution in [1.82, 2.24) is 0 Å². The van der Waals surface area contributed by atoms with Gasteiger partial charge in [0.05, 0.1) is 12.5 Å². The molecule has 10 heavy (non-hydrogen) atoms. The van der Waals surface area contributed by atoms with Crippen molar-refractivity contribution in [2.24, 2.45) is 5.92 Å². The van der Waals surface area contributed by atoms with Crippen LogP contribution in [0.4, 0.5) is 0 Å². The molecule has 2 atom stereocenters. The fourth-order valence-corrected chi connectivity index (χ4v) is 0.628. The Bertz CT molecular complexity index is 131. The summed E-state index contributed by atoms with van der Waals surface area (Å²) in [4.78, 5) is 10.1. The van der Waals surface area contributed by atoms with E-state index in [9.17, 15) is 4.79 Å². The summed E-state index contributed by atoms with van der Waals surface area (Å²) in [5.41, 5.74) is 0. The second-order valence-electron chi connectivity index (χ2n) is 2.30. The molecule has 0 saturated heterocycles. The number of carboxylic acid groups (broad SMARTS) is 1. The Hall–Kier alpha value is -0.830. The number of aliphatic carboxylic acids is 1. The van der Waals surface area contributed by atoms with E-state index >= 15 is 0 Å². The third-order valence-corrected chi connectivity index (χ3v) is 1.32. The summed E-state index contributed by atoms with van der Waals surface area (Å²) < 4.78 is 0. The molecule has 0 aliphatic rings. The summed E-state index contributed by atoms with van der Waals surface area (Å²) in [6.45, 7) is 5.01. The second kappa shape index (κ2) is 4.06. The van der Waals surface area contributed by atoms with Crippen molar-refractivity contribution in [1.29, 1.82) is 0 Å². The van der Waals surface area contributed by atoms with Crippen LogP contribution >= 0.6 is 0 Å². The number of aliphatic hydroxyl groups excluding tert-OH is 1. The van der Waals surface area contributed by atoms with Crippen LogP contribution in [0.1, 0.15) is 13.3 Å². The molecule has 0 saturated carbocycles. The van der Waals surface area contributed by atoms with Gasteiger partial charge in [0.1, 0.15) is 0 Å². The molecule has 0 radical (unpaired) electrons. The normalized spacial score (nSPS) is 15.8. The zero-order valence-corrected chi connectivity index (χ0v) is 5.95. The molecular formula is C7H12O3. The smallest absolute Gasteiger partial charge is 0.303 e. The maximum atomic E-state index is 10.1. The van der Waals surface area contributed by atoms with Gasteiger partial charge in [0.25, 0.3) is 0 Å². The molecule has 0 rings (SSSR count). The molecule has 0 aliphatic carbocycles. The summed E-state index contributed by atoms with van der Waals surface area (Å²) in [6.07, 6.45) is 0.608. The van der Waals surface area contributed by atoms with Crippen molar-refractivity contribution in [3.8, 4) is 0 Å². The first kappa shape index (κ1) is 9.17. The second-order valence-corrected chi connectivity index (χ2v) is 2.30. The molecule has 3 heteroatoms. The average molecular weight is 144 g/mol. The molecule has 0 bridgehead atoms. The first-order chi connectivity index (χ1) is 4.57. The van der Waals surface area contributed by atoms with E-state index in [-0.39, 0.29) is 12.3 Å². The number of aliphatic hydroxyl groups is 1. The van der Waals surface area contributed by atoms with E-state index in [1.165, 1.54) is 6.08 Å². The van der Waals surface area contributed by atoms with Gasteiger partial charge in [0, 0.05) is 0 Å². The highest BCUT2D eigenvalue weighted by molar-refractivity contribution is 5.67. The lowest BCUT2D eigenvalue weighted by atomic mass is 10.0. The van der Waals surface area contributed by atoms with Crippen LogP contribution in [-0.2, 0) is 4.79 Å². The summed E-state index contributed by atoms with van der Waals surface area (Å²) in [5.74, 6) is -1.15. The van der Waals surface area contributed by atoms with Crippen molar-refractivity contribution in [2.45, 2.75) is 19.4 Å². The molecule has 0 amide bonds. The fourth-order valence-electron chi connectivity index (χ4n) is 0.628. The third-order valence-electron chi connectivity index (χ3n) is 1.32. The van der Waals surface area contributed by atoms with Crippen LogP contribution in [0.25, 0.3) is 0 Å². The minimum absolute atomic E-state index is 0.0206. The number of hydrogen-bond acceptors (Lipinski definition) is 2. The monoisotopic (exact) mass is 144 g/mol. The SMILES string of the molecule is C=CC(O)C(C)CC(=O)O. The van der Waals surface area contributed by atoms with E-state index < -0.39 is 12.1 Å². The highest BCUT2D eigenvalue weighted by atomic mass is 16.4. The lowest BCUT2D eigenvalue weighted by Crippen LogP contribution is -2.17. The van der Waals surface area contributed by atoms with Crippen LogP contribution in [0.3, 0.4) is 0 Å². The summed E-state index contributed by atoms with van der Waals surface area (Å²) >= 11 is 0. The largest absolute Gasteiger partial charge is 0.481 e. The molecule has 0 aliphatic heterocycles. The summed E-state index contributed by atoms with van der Waals surface area (Å²) in [7, 11) is 0. The van der Waals surface area contributed by atoms with E-state index in [4.69, 9.17) is 10.2 Å². The van der Waals surface area contributed by atoms with Crippen molar-refractivity contribution in [3.05, 3.63) is 12.7 Å². The van der Waals surface area contributed by atoms with Crippen LogP contribution in [0.15, 0.2) is 12.7 Å². The Morgan fingerprint density at radius 3 is 2.60 bits per heavy atom. The molecular weight excluding hydrogens is 132 g/mol.